The average molecular weight is 419 g/mol. The van der Waals surface area contributed by atoms with Crippen LogP contribution in [0.2, 0.25) is 0 Å². The van der Waals surface area contributed by atoms with E-state index in [9.17, 15) is 9.59 Å². The maximum absolute atomic E-state index is 11.9. The van der Waals surface area contributed by atoms with Crippen molar-refractivity contribution >= 4 is 45.6 Å². The van der Waals surface area contributed by atoms with Gasteiger partial charge in [0.05, 0.1) is 12.7 Å². The number of methoxy groups -OCH3 is 1. The average Bonchev–Trinajstić information content (AvgIpc) is 2.94. The van der Waals surface area contributed by atoms with Gasteiger partial charge in [0.15, 0.2) is 6.29 Å². The molecule has 0 saturated heterocycles. The van der Waals surface area contributed by atoms with Crippen LogP contribution < -0.4 is 4.74 Å². The summed E-state index contributed by atoms with van der Waals surface area (Å²) in [7, 11) is 1.57. The molecule has 0 atom stereocenters. The molecule has 0 aliphatic rings. The van der Waals surface area contributed by atoms with E-state index in [-0.39, 0.29) is 0 Å². The van der Waals surface area contributed by atoms with Crippen molar-refractivity contribution in [3.63, 3.8) is 0 Å². The van der Waals surface area contributed by atoms with Gasteiger partial charge in [-0.1, -0.05) is 12.1 Å². The maximum Gasteiger partial charge on any atom is 0.227 e. The highest BCUT2D eigenvalue weighted by Crippen LogP contribution is 2.27. The van der Waals surface area contributed by atoms with E-state index >= 15 is 0 Å². The third kappa shape index (κ3) is 3.14. The molecule has 116 valence electrons. The van der Waals surface area contributed by atoms with Crippen molar-refractivity contribution in [2.24, 2.45) is 0 Å². The van der Waals surface area contributed by atoms with Gasteiger partial charge in [0.25, 0.3) is 0 Å². The minimum Gasteiger partial charge on any atom is -0.497 e. The lowest BCUT2D eigenvalue weighted by Crippen LogP contribution is -2.00. The first-order chi connectivity index (χ1) is 11.1. The van der Waals surface area contributed by atoms with E-state index in [1.54, 1.807) is 19.4 Å². The predicted molar refractivity (Wildman–Crippen MR) is 97.1 cm³/mol. The highest BCUT2D eigenvalue weighted by atomic mass is 127. The van der Waals surface area contributed by atoms with Crippen LogP contribution in [0.3, 0.4) is 0 Å². The summed E-state index contributed by atoms with van der Waals surface area (Å²) in [4.78, 5) is 22.8. The van der Waals surface area contributed by atoms with Crippen molar-refractivity contribution in [3.05, 3.63) is 63.4 Å². The second-order valence-electron chi connectivity index (χ2n) is 5.16. The van der Waals surface area contributed by atoms with Crippen molar-refractivity contribution < 1.29 is 14.3 Å². The van der Waals surface area contributed by atoms with Gasteiger partial charge in [-0.05, 0) is 58.5 Å². The van der Waals surface area contributed by atoms with E-state index in [2.05, 4.69) is 34.7 Å². The summed E-state index contributed by atoms with van der Waals surface area (Å²) in [5.41, 5.74) is 2.43. The zero-order chi connectivity index (χ0) is 16.4. The molecule has 3 rings (SSSR count). The quantitative estimate of drug-likeness (QED) is 0.274. The van der Waals surface area contributed by atoms with Crippen LogP contribution >= 0.6 is 22.6 Å². The van der Waals surface area contributed by atoms with Crippen LogP contribution in [0, 0.1) is 3.57 Å². The van der Waals surface area contributed by atoms with Gasteiger partial charge < -0.3 is 9.30 Å². The Bertz CT molecular complexity index is 881. The summed E-state index contributed by atoms with van der Waals surface area (Å²) < 4.78 is 8.37. The van der Waals surface area contributed by atoms with Crippen molar-refractivity contribution in [1.29, 1.82) is 0 Å². The van der Waals surface area contributed by atoms with Crippen molar-refractivity contribution in [2.45, 2.75) is 6.54 Å². The zero-order valence-corrected chi connectivity index (χ0v) is 14.6. The van der Waals surface area contributed by atoms with Crippen molar-refractivity contribution in [2.75, 3.05) is 7.11 Å². The van der Waals surface area contributed by atoms with Crippen LogP contribution in [-0.4, -0.2) is 23.7 Å². The molecular formula is C18H14INO3. The molecule has 0 spiro atoms. The van der Waals surface area contributed by atoms with Crippen LogP contribution in [0.25, 0.3) is 10.9 Å². The number of ketones is 1. The fourth-order valence-electron chi connectivity index (χ4n) is 2.58. The number of fused-ring (bicyclic) bond motifs is 1. The number of carbonyl (C=O) groups excluding carboxylic acids is 2. The Kier molecular flexibility index (Phi) is 4.47. The molecular weight excluding hydrogens is 405 g/mol. The van der Waals surface area contributed by atoms with Gasteiger partial charge in [0, 0.05) is 27.2 Å². The van der Waals surface area contributed by atoms with E-state index in [0.29, 0.717) is 24.1 Å². The first-order valence-electron chi connectivity index (χ1n) is 7.03. The normalized spacial score (nSPS) is 10.7. The lowest BCUT2D eigenvalue weighted by molar-refractivity contribution is -0.104. The number of aldehydes is 1. The second-order valence-corrected chi connectivity index (χ2v) is 6.41. The standard InChI is InChI=1S/C18H14INO3/c1-23-14-6-7-17-15(8-14)16(18(22)11-21)10-20(17)9-12-2-4-13(19)5-3-12/h2-8,10-11H,9H2,1H3. The van der Waals surface area contributed by atoms with E-state index in [1.165, 1.54) is 3.57 Å². The topological polar surface area (TPSA) is 48.3 Å². The number of ether oxygens (including phenoxy) is 1. The summed E-state index contributed by atoms with van der Waals surface area (Å²) in [6.45, 7) is 0.631. The van der Waals surface area contributed by atoms with Crippen molar-refractivity contribution in [1.82, 2.24) is 4.57 Å². The second kappa shape index (κ2) is 6.54. The number of nitrogens with zero attached hydrogens (tertiary/aromatic N) is 1. The van der Waals surface area contributed by atoms with E-state index in [1.807, 2.05) is 28.8 Å². The third-order valence-corrected chi connectivity index (χ3v) is 4.45. The molecule has 0 saturated carbocycles. The first kappa shape index (κ1) is 15.7. The Balaban J connectivity index is 2.11. The molecule has 2 aromatic carbocycles. The number of hydrogen-bond acceptors (Lipinski definition) is 3. The Hall–Kier alpha value is -2.15. The summed E-state index contributed by atoms with van der Waals surface area (Å²) in [6.07, 6.45) is 2.09. The van der Waals surface area contributed by atoms with E-state index in [0.717, 1.165) is 16.5 Å². The van der Waals surface area contributed by atoms with E-state index < -0.39 is 5.78 Å². The molecule has 0 amide bonds. The number of benzene rings is 2. The van der Waals surface area contributed by atoms with Crippen LogP contribution in [-0.2, 0) is 11.3 Å². The van der Waals surface area contributed by atoms with Crippen molar-refractivity contribution in [3.8, 4) is 5.75 Å². The van der Waals surface area contributed by atoms with Crippen LogP contribution in [0.1, 0.15) is 15.9 Å². The fraction of sp³-hybridized carbons (Fsp3) is 0.111. The molecule has 0 bridgehead atoms. The Morgan fingerprint density at radius 3 is 2.61 bits per heavy atom. The SMILES string of the molecule is COc1ccc2c(c1)c(C(=O)C=O)cn2Cc1ccc(I)cc1. The zero-order valence-electron chi connectivity index (χ0n) is 12.5. The summed E-state index contributed by atoms with van der Waals surface area (Å²) in [5, 5.41) is 0.729. The highest BCUT2D eigenvalue weighted by molar-refractivity contribution is 14.1. The first-order valence-corrected chi connectivity index (χ1v) is 8.11. The molecule has 0 N–H and O–H groups in total. The van der Waals surface area contributed by atoms with Gasteiger partial charge in [-0.25, -0.2) is 0 Å². The molecule has 0 unspecified atom stereocenters. The molecule has 3 aromatic rings. The molecule has 0 radical (unpaired) electrons. The van der Waals surface area contributed by atoms with Gasteiger partial charge in [-0.15, -0.1) is 0 Å². The Labute approximate surface area is 147 Å². The lowest BCUT2D eigenvalue weighted by Gasteiger charge is -2.06. The smallest absolute Gasteiger partial charge is 0.227 e. The Morgan fingerprint density at radius 1 is 1.22 bits per heavy atom. The largest absolute Gasteiger partial charge is 0.497 e. The van der Waals surface area contributed by atoms with Crippen LogP contribution in [0.5, 0.6) is 5.75 Å². The summed E-state index contributed by atoms with van der Waals surface area (Å²) >= 11 is 2.26. The molecule has 1 aromatic heterocycles. The van der Waals surface area contributed by atoms with Gasteiger partial charge in [0.1, 0.15) is 5.75 Å². The highest BCUT2D eigenvalue weighted by Gasteiger charge is 2.15. The Morgan fingerprint density at radius 2 is 1.96 bits per heavy atom. The monoisotopic (exact) mass is 419 g/mol. The minimum absolute atomic E-state index is 0.351. The lowest BCUT2D eigenvalue weighted by atomic mass is 10.1. The van der Waals surface area contributed by atoms with E-state index in [4.69, 9.17) is 4.74 Å². The minimum atomic E-state index is -0.524. The molecule has 5 heteroatoms. The molecule has 4 nitrogen and oxygen atoms in total. The number of hydrogen-bond donors (Lipinski definition) is 0. The fourth-order valence-corrected chi connectivity index (χ4v) is 2.94. The molecule has 0 fully saturated rings. The maximum atomic E-state index is 11.9. The molecule has 0 aliphatic carbocycles. The number of aromatic nitrogens is 1. The number of Topliss-reactive ketones (excluding diaryl/α,β-unsaturated/α-hetero) is 1. The van der Waals surface area contributed by atoms with Crippen LogP contribution in [0.4, 0.5) is 0 Å². The van der Waals surface area contributed by atoms with Gasteiger partial charge in [-0.3, -0.25) is 9.59 Å². The van der Waals surface area contributed by atoms with Gasteiger partial charge in [-0.2, -0.15) is 0 Å². The molecule has 1 heterocycles. The third-order valence-electron chi connectivity index (χ3n) is 3.73. The van der Waals surface area contributed by atoms with Gasteiger partial charge >= 0.3 is 0 Å². The molecule has 0 aliphatic heterocycles. The van der Waals surface area contributed by atoms with Crippen LogP contribution in [0.15, 0.2) is 48.7 Å². The molecule has 23 heavy (non-hydrogen) atoms. The predicted octanol–water partition coefficient (Wildman–Crippen LogP) is 3.68. The summed E-state index contributed by atoms with van der Waals surface area (Å²) in [6, 6.07) is 13.7. The number of carbonyl (C=O) groups is 2. The number of halogens is 1. The van der Waals surface area contributed by atoms with Gasteiger partial charge in [0.2, 0.25) is 5.78 Å². The summed E-state index contributed by atoms with van der Waals surface area (Å²) in [5.74, 6) is 0.133. The number of rotatable bonds is 5.